The van der Waals surface area contributed by atoms with Gasteiger partial charge in [0.1, 0.15) is 0 Å². The van der Waals surface area contributed by atoms with Gasteiger partial charge < -0.3 is 15.5 Å². The molecule has 0 rings (SSSR count). The van der Waals surface area contributed by atoms with E-state index in [4.69, 9.17) is 0 Å². The summed E-state index contributed by atoms with van der Waals surface area (Å²) in [4.78, 5) is 12.1. The molecule has 0 aliphatic rings. The molecule has 0 saturated carbocycles. The molecular formula is C26H51NO3. The van der Waals surface area contributed by atoms with Crippen LogP contribution in [0.2, 0.25) is 0 Å². The van der Waals surface area contributed by atoms with E-state index >= 15 is 0 Å². The highest BCUT2D eigenvalue weighted by Crippen LogP contribution is 2.11. The number of unbranched alkanes of at least 4 members (excludes halogenated alkanes) is 15. The van der Waals surface area contributed by atoms with Crippen molar-refractivity contribution in [2.75, 3.05) is 6.61 Å². The van der Waals surface area contributed by atoms with Crippen molar-refractivity contribution in [3.63, 3.8) is 0 Å². The summed E-state index contributed by atoms with van der Waals surface area (Å²) in [6.45, 7) is 4.22. The first kappa shape index (κ1) is 29.1. The molecule has 4 nitrogen and oxygen atoms in total. The van der Waals surface area contributed by atoms with Crippen LogP contribution < -0.4 is 5.32 Å². The number of hydrogen-bond acceptors (Lipinski definition) is 3. The van der Waals surface area contributed by atoms with Gasteiger partial charge in [0.15, 0.2) is 0 Å². The Labute approximate surface area is 186 Å². The van der Waals surface area contributed by atoms with Crippen LogP contribution in [0.4, 0.5) is 0 Å². The zero-order valence-electron chi connectivity index (χ0n) is 20.0. The van der Waals surface area contributed by atoms with Crippen molar-refractivity contribution >= 4 is 5.91 Å². The second kappa shape index (κ2) is 22.8. The molecule has 0 heterocycles. The Bertz CT molecular complexity index is 398. The van der Waals surface area contributed by atoms with Gasteiger partial charge in [-0.2, -0.15) is 0 Å². The zero-order chi connectivity index (χ0) is 22.3. The van der Waals surface area contributed by atoms with Crippen LogP contribution in [0.25, 0.3) is 0 Å². The third-order valence-electron chi connectivity index (χ3n) is 5.77. The molecule has 0 radical (unpaired) electrons. The number of carbonyl (C=O) groups is 1. The largest absolute Gasteiger partial charge is 0.394 e. The molecule has 2 atom stereocenters. The average molecular weight is 426 g/mol. The van der Waals surface area contributed by atoms with Crippen LogP contribution >= 0.6 is 0 Å². The van der Waals surface area contributed by atoms with Crippen LogP contribution in [0.3, 0.4) is 0 Å². The first-order valence-electron chi connectivity index (χ1n) is 12.9. The molecule has 0 unspecified atom stereocenters. The summed E-state index contributed by atoms with van der Waals surface area (Å²) in [6, 6.07) is -0.610. The van der Waals surface area contributed by atoms with E-state index in [1.807, 2.05) is 6.08 Å². The highest BCUT2D eigenvalue weighted by atomic mass is 16.3. The van der Waals surface area contributed by atoms with Crippen molar-refractivity contribution in [2.24, 2.45) is 0 Å². The number of aliphatic hydroxyl groups excluding tert-OH is 2. The molecule has 30 heavy (non-hydrogen) atoms. The molecule has 0 aliphatic heterocycles. The Morgan fingerprint density at radius 2 is 1.23 bits per heavy atom. The number of nitrogens with one attached hydrogen (secondary N) is 1. The maximum Gasteiger partial charge on any atom is 0.220 e. The SMILES string of the molecule is CCCCCCCCCC/C=C/[C@@H](O)[C@H](CO)NC(=O)CCCCCCCCCC. The molecule has 1 amide bonds. The van der Waals surface area contributed by atoms with Crippen molar-refractivity contribution < 1.29 is 15.0 Å². The van der Waals surface area contributed by atoms with Gasteiger partial charge in [0.25, 0.3) is 0 Å². The summed E-state index contributed by atoms with van der Waals surface area (Å²) in [5.74, 6) is -0.0736. The number of carbonyl (C=O) groups excluding carboxylic acids is 1. The molecular weight excluding hydrogens is 374 g/mol. The predicted octanol–water partition coefficient (Wildman–Crippen LogP) is 6.44. The maximum absolute atomic E-state index is 12.1. The third-order valence-corrected chi connectivity index (χ3v) is 5.77. The molecule has 0 aliphatic carbocycles. The molecule has 0 aromatic carbocycles. The fourth-order valence-corrected chi connectivity index (χ4v) is 3.70. The van der Waals surface area contributed by atoms with Crippen LogP contribution in [-0.4, -0.2) is 34.9 Å². The lowest BCUT2D eigenvalue weighted by molar-refractivity contribution is -0.123. The average Bonchev–Trinajstić information content (AvgIpc) is 2.75. The van der Waals surface area contributed by atoms with E-state index in [1.165, 1.54) is 83.5 Å². The lowest BCUT2D eigenvalue weighted by Crippen LogP contribution is -2.45. The van der Waals surface area contributed by atoms with Crippen LogP contribution in [-0.2, 0) is 4.79 Å². The van der Waals surface area contributed by atoms with E-state index in [9.17, 15) is 15.0 Å². The number of amides is 1. The quantitative estimate of drug-likeness (QED) is 0.138. The first-order valence-corrected chi connectivity index (χ1v) is 12.9. The number of aliphatic hydroxyl groups is 2. The Kier molecular flexibility index (Phi) is 22.1. The highest BCUT2D eigenvalue weighted by molar-refractivity contribution is 5.76. The van der Waals surface area contributed by atoms with Gasteiger partial charge in [0.05, 0.1) is 18.8 Å². The molecule has 0 fully saturated rings. The van der Waals surface area contributed by atoms with Gasteiger partial charge in [-0.1, -0.05) is 116 Å². The minimum absolute atomic E-state index is 0.0736. The van der Waals surface area contributed by atoms with Gasteiger partial charge >= 0.3 is 0 Å². The number of rotatable bonds is 22. The van der Waals surface area contributed by atoms with Gasteiger partial charge in [-0.25, -0.2) is 0 Å². The molecule has 0 saturated heterocycles. The lowest BCUT2D eigenvalue weighted by atomic mass is 10.1. The molecule has 0 aromatic rings. The Balaban J connectivity index is 3.76. The summed E-state index contributed by atoms with van der Waals surface area (Å²) < 4.78 is 0. The molecule has 3 N–H and O–H groups in total. The molecule has 178 valence electrons. The van der Waals surface area contributed by atoms with Crippen molar-refractivity contribution in [1.29, 1.82) is 0 Å². The Morgan fingerprint density at radius 3 is 1.73 bits per heavy atom. The van der Waals surface area contributed by atoms with Gasteiger partial charge in [0.2, 0.25) is 5.91 Å². The molecule has 0 aromatic heterocycles. The van der Waals surface area contributed by atoms with Gasteiger partial charge in [-0.05, 0) is 19.3 Å². The van der Waals surface area contributed by atoms with E-state index in [0.29, 0.717) is 6.42 Å². The zero-order valence-corrected chi connectivity index (χ0v) is 20.0. The van der Waals surface area contributed by atoms with Crippen LogP contribution in [0.15, 0.2) is 12.2 Å². The summed E-state index contributed by atoms with van der Waals surface area (Å²) in [5, 5.41) is 22.5. The highest BCUT2D eigenvalue weighted by Gasteiger charge is 2.17. The summed E-state index contributed by atoms with van der Waals surface area (Å²) in [7, 11) is 0. The maximum atomic E-state index is 12.1. The van der Waals surface area contributed by atoms with Crippen molar-refractivity contribution in [3.8, 4) is 0 Å². The van der Waals surface area contributed by atoms with E-state index in [2.05, 4.69) is 19.2 Å². The second-order valence-electron chi connectivity index (χ2n) is 8.76. The van der Waals surface area contributed by atoms with Crippen molar-refractivity contribution in [2.45, 2.75) is 142 Å². The standard InChI is InChI=1S/C26H51NO3/c1-3-5-7-9-11-13-14-15-17-19-21-25(29)24(23-28)27-26(30)22-20-18-16-12-10-8-6-4-2/h19,21,24-25,28-29H,3-18,20,22-23H2,1-2H3,(H,27,30)/b21-19+/t24-,25+/m0/s1. The Morgan fingerprint density at radius 1 is 0.767 bits per heavy atom. The number of allylic oxidation sites excluding steroid dienone is 1. The predicted molar refractivity (Wildman–Crippen MR) is 129 cm³/mol. The lowest BCUT2D eigenvalue weighted by Gasteiger charge is -2.20. The summed E-state index contributed by atoms with van der Waals surface area (Å²) in [5.41, 5.74) is 0. The van der Waals surface area contributed by atoms with Gasteiger partial charge in [0, 0.05) is 6.42 Å². The molecule has 0 spiro atoms. The van der Waals surface area contributed by atoms with E-state index in [1.54, 1.807) is 6.08 Å². The van der Waals surface area contributed by atoms with Crippen molar-refractivity contribution in [3.05, 3.63) is 12.2 Å². The molecule has 4 heteroatoms. The van der Waals surface area contributed by atoms with E-state index in [0.717, 1.165) is 25.7 Å². The van der Waals surface area contributed by atoms with Crippen LogP contribution in [0.5, 0.6) is 0 Å². The monoisotopic (exact) mass is 425 g/mol. The topological polar surface area (TPSA) is 69.6 Å². The minimum atomic E-state index is -0.827. The summed E-state index contributed by atoms with van der Waals surface area (Å²) >= 11 is 0. The van der Waals surface area contributed by atoms with Gasteiger partial charge in [-0.3, -0.25) is 4.79 Å². The molecule has 0 bridgehead atoms. The second-order valence-corrected chi connectivity index (χ2v) is 8.76. The normalized spacial score (nSPS) is 13.6. The smallest absolute Gasteiger partial charge is 0.220 e. The van der Waals surface area contributed by atoms with E-state index in [-0.39, 0.29) is 12.5 Å². The first-order chi connectivity index (χ1) is 14.7. The van der Waals surface area contributed by atoms with E-state index < -0.39 is 12.1 Å². The number of hydrogen-bond donors (Lipinski definition) is 3. The third kappa shape index (κ3) is 19.1. The Hall–Kier alpha value is -0.870. The minimum Gasteiger partial charge on any atom is -0.394 e. The van der Waals surface area contributed by atoms with Crippen LogP contribution in [0, 0.1) is 0 Å². The van der Waals surface area contributed by atoms with Gasteiger partial charge in [-0.15, -0.1) is 0 Å². The fourth-order valence-electron chi connectivity index (χ4n) is 3.70. The van der Waals surface area contributed by atoms with Crippen molar-refractivity contribution in [1.82, 2.24) is 5.32 Å². The summed E-state index contributed by atoms with van der Waals surface area (Å²) in [6.07, 6.45) is 24.2. The fraction of sp³-hybridized carbons (Fsp3) is 0.885. The van der Waals surface area contributed by atoms with Crippen LogP contribution in [0.1, 0.15) is 129 Å².